The maximum absolute atomic E-state index is 12.3. The van der Waals surface area contributed by atoms with Gasteiger partial charge in [0, 0.05) is 29.3 Å². The van der Waals surface area contributed by atoms with Gasteiger partial charge in [-0.2, -0.15) is 0 Å². The van der Waals surface area contributed by atoms with Gasteiger partial charge in [-0.1, -0.05) is 12.1 Å². The molecule has 1 saturated heterocycles. The highest BCUT2D eigenvalue weighted by Gasteiger charge is 2.33. The van der Waals surface area contributed by atoms with Gasteiger partial charge in [0.2, 0.25) is 5.91 Å². The monoisotopic (exact) mass is 353 g/mol. The van der Waals surface area contributed by atoms with Crippen LogP contribution < -0.4 is 11.1 Å². The molecule has 6 heteroatoms. The van der Waals surface area contributed by atoms with E-state index in [4.69, 9.17) is 10.5 Å². The summed E-state index contributed by atoms with van der Waals surface area (Å²) in [5.74, 6) is 0.0808. The highest BCUT2D eigenvalue weighted by molar-refractivity contribution is 9.10. The number of hydrogen-bond acceptors (Lipinski definition) is 4. The highest BCUT2D eigenvalue weighted by Crippen LogP contribution is 2.26. The molecule has 0 spiro atoms. The summed E-state index contributed by atoms with van der Waals surface area (Å²) in [6.45, 7) is 2.56. The number of rotatable bonds is 4. The molecule has 1 saturated carbocycles. The van der Waals surface area contributed by atoms with E-state index in [1.165, 1.54) is 0 Å². The summed E-state index contributed by atoms with van der Waals surface area (Å²) >= 11 is 3.53. The van der Waals surface area contributed by atoms with Crippen molar-refractivity contribution in [2.75, 3.05) is 25.5 Å². The first-order valence-electron chi connectivity index (χ1n) is 7.30. The molecule has 21 heavy (non-hydrogen) atoms. The average Bonchev–Trinajstić information content (AvgIpc) is 3.28. The number of carbonyl (C=O) groups excluding carboxylic acids is 1. The third-order valence-corrected chi connectivity index (χ3v) is 4.91. The second-order valence-electron chi connectivity index (χ2n) is 5.66. The Bertz CT molecular complexity index is 534. The number of ether oxygens (including phenoxy) is 1. The first-order valence-corrected chi connectivity index (χ1v) is 8.09. The van der Waals surface area contributed by atoms with E-state index in [0.717, 1.165) is 35.1 Å². The van der Waals surface area contributed by atoms with Gasteiger partial charge < -0.3 is 15.8 Å². The van der Waals surface area contributed by atoms with Crippen LogP contribution in [-0.2, 0) is 16.1 Å². The Morgan fingerprint density at radius 3 is 3.05 bits per heavy atom. The van der Waals surface area contributed by atoms with E-state index < -0.39 is 0 Å². The maximum Gasteiger partial charge on any atom is 0.239 e. The molecule has 0 aromatic heterocycles. The summed E-state index contributed by atoms with van der Waals surface area (Å²) < 4.78 is 6.40. The van der Waals surface area contributed by atoms with Gasteiger partial charge in [0.1, 0.15) is 6.04 Å². The summed E-state index contributed by atoms with van der Waals surface area (Å²) in [5, 5.41) is 3.07. The minimum absolute atomic E-state index is 0.0808. The lowest BCUT2D eigenvalue weighted by Gasteiger charge is -2.34. The molecule has 5 nitrogen and oxygen atoms in total. The number of nitrogens with one attached hydrogen (secondary N) is 1. The predicted octanol–water partition coefficient (Wildman–Crippen LogP) is 1.51. The van der Waals surface area contributed by atoms with Gasteiger partial charge in [-0.15, -0.1) is 0 Å². The molecule has 0 radical (unpaired) electrons. The number of halogens is 1. The van der Waals surface area contributed by atoms with Crippen molar-refractivity contribution < 1.29 is 9.53 Å². The summed E-state index contributed by atoms with van der Waals surface area (Å²) in [6.07, 6.45) is 2.19. The van der Waals surface area contributed by atoms with Crippen molar-refractivity contribution in [3.05, 3.63) is 28.2 Å². The molecule has 1 unspecified atom stereocenters. The average molecular weight is 354 g/mol. The van der Waals surface area contributed by atoms with Gasteiger partial charge in [-0.25, -0.2) is 0 Å². The Kier molecular flexibility index (Phi) is 4.47. The quantitative estimate of drug-likeness (QED) is 0.805. The summed E-state index contributed by atoms with van der Waals surface area (Å²) in [4.78, 5) is 14.5. The number of nitrogen functional groups attached to an aromatic ring is 1. The molecule has 114 valence electrons. The molecule has 0 bridgehead atoms. The fourth-order valence-corrected chi connectivity index (χ4v) is 2.92. The topological polar surface area (TPSA) is 67.6 Å². The first kappa shape index (κ1) is 14.8. The van der Waals surface area contributed by atoms with Gasteiger partial charge >= 0.3 is 0 Å². The second kappa shape index (κ2) is 6.34. The molecule has 1 amide bonds. The number of anilines is 1. The molecular formula is C15H20BrN3O2. The predicted molar refractivity (Wildman–Crippen MR) is 84.7 cm³/mol. The first-order chi connectivity index (χ1) is 10.1. The van der Waals surface area contributed by atoms with Crippen LogP contribution in [0.2, 0.25) is 0 Å². The van der Waals surface area contributed by atoms with Crippen LogP contribution in [0.1, 0.15) is 18.4 Å². The van der Waals surface area contributed by atoms with E-state index in [1.54, 1.807) is 0 Å². The molecule has 3 rings (SSSR count). The number of hydrogen-bond donors (Lipinski definition) is 2. The molecule has 2 fully saturated rings. The van der Waals surface area contributed by atoms with Crippen molar-refractivity contribution in [1.29, 1.82) is 0 Å². The van der Waals surface area contributed by atoms with Crippen molar-refractivity contribution in [2.45, 2.75) is 31.5 Å². The summed E-state index contributed by atoms with van der Waals surface area (Å²) in [7, 11) is 0. The fraction of sp³-hybridized carbons (Fsp3) is 0.533. The SMILES string of the molecule is Nc1cccc(CN2CCOCC2C(=O)NC2CC2)c1Br. The summed E-state index contributed by atoms with van der Waals surface area (Å²) in [5.41, 5.74) is 7.75. The zero-order valence-electron chi connectivity index (χ0n) is 11.8. The Morgan fingerprint density at radius 2 is 2.29 bits per heavy atom. The molecule has 1 aliphatic carbocycles. The molecule has 1 aromatic carbocycles. The Hall–Kier alpha value is -1.11. The lowest BCUT2D eigenvalue weighted by molar-refractivity contribution is -0.133. The largest absolute Gasteiger partial charge is 0.398 e. The zero-order valence-corrected chi connectivity index (χ0v) is 13.4. The lowest BCUT2D eigenvalue weighted by Crippen LogP contribution is -2.53. The van der Waals surface area contributed by atoms with Gasteiger partial charge in [0.05, 0.1) is 13.2 Å². The van der Waals surface area contributed by atoms with E-state index in [1.807, 2.05) is 18.2 Å². The van der Waals surface area contributed by atoms with Crippen LogP contribution in [0, 0.1) is 0 Å². The second-order valence-corrected chi connectivity index (χ2v) is 6.46. The van der Waals surface area contributed by atoms with Gasteiger partial charge in [-0.3, -0.25) is 9.69 Å². The minimum atomic E-state index is -0.215. The molecule has 1 aromatic rings. The number of nitrogens with two attached hydrogens (primary N) is 1. The maximum atomic E-state index is 12.3. The third-order valence-electron chi connectivity index (χ3n) is 3.95. The van der Waals surface area contributed by atoms with Crippen LogP contribution >= 0.6 is 15.9 Å². The van der Waals surface area contributed by atoms with Crippen LogP contribution in [0.5, 0.6) is 0 Å². The van der Waals surface area contributed by atoms with Crippen molar-refractivity contribution in [2.24, 2.45) is 0 Å². The van der Waals surface area contributed by atoms with Crippen molar-refractivity contribution in [3.63, 3.8) is 0 Å². The fourth-order valence-electron chi connectivity index (χ4n) is 2.53. The third kappa shape index (κ3) is 3.56. The Morgan fingerprint density at radius 1 is 1.48 bits per heavy atom. The Labute approximate surface area is 132 Å². The number of amides is 1. The van der Waals surface area contributed by atoms with E-state index in [9.17, 15) is 4.79 Å². The van der Waals surface area contributed by atoms with Gasteiger partial charge in [0.25, 0.3) is 0 Å². The molecule has 1 aliphatic heterocycles. The van der Waals surface area contributed by atoms with Gasteiger partial charge in [-0.05, 0) is 40.4 Å². The number of nitrogens with zero attached hydrogens (tertiary/aromatic N) is 1. The van der Waals surface area contributed by atoms with Crippen LogP contribution in [0.15, 0.2) is 22.7 Å². The normalized spacial score (nSPS) is 23.0. The summed E-state index contributed by atoms with van der Waals surface area (Å²) in [6, 6.07) is 6.00. The highest BCUT2D eigenvalue weighted by atomic mass is 79.9. The van der Waals surface area contributed by atoms with Crippen LogP contribution in [0.25, 0.3) is 0 Å². The van der Waals surface area contributed by atoms with E-state index in [2.05, 4.69) is 26.1 Å². The lowest BCUT2D eigenvalue weighted by atomic mass is 10.1. The zero-order chi connectivity index (χ0) is 14.8. The number of benzene rings is 1. The Balaban J connectivity index is 1.71. The molecule has 1 heterocycles. The smallest absolute Gasteiger partial charge is 0.239 e. The number of carbonyl (C=O) groups is 1. The van der Waals surface area contributed by atoms with E-state index in [-0.39, 0.29) is 11.9 Å². The molecular weight excluding hydrogens is 334 g/mol. The molecule has 2 aliphatic rings. The van der Waals surface area contributed by atoms with Crippen LogP contribution in [-0.4, -0.2) is 42.6 Å². The standard InChI is InChI=1S/C15H20BrN3O2/c16-14-10(2-1-3-12(14)17)8-19-6-7-21-9-13(19)15(20)18-11-4-5-11/h1-3,11,13H,4-9,17H2,(H,18,20). The number of morpholine rings is 1. The van der Waals surface area contributed by atoms with Crippen molar-refractivity contribution >= 4 is 27.5 Å². The van der Waals surface area contributed by atoms with Crippen LogP contribution in [0.4, 0.5) is 5.69 Å². The van der Waals surface area contributed by atoms with E-state index in [0.29, 0.717) is 25.8 Å². The molecule has 3 N–H and O–H groups in total. The van der Waals surface area contributed by atoms with Crippen molar-refractivity contribution in [1.82, 2.24) is 10.2 Å². The van der Waals surface area contributed by atoms with Gasteiger partial charge in [0.15, 0.2) is 0 Å². The van der Waals surface area contributed by atoms with Crippen LogP contribution in [0.3, 0.4) is 0 Å². The molecule has 1 atom stereocenters. The minimum Gasteiger partial charge on any atom is -0.398 e. The van der Waals surface area contributed by atoms with Crippen molar-refractivity contribution in [3.8, 4) is 0 Å². The van der Waals surface area contributed by atoms with E-state index >= 15 is 0 Å².